The van der Waals surface area contributed by atoms with Gasteiger partial charge in [0.15, 0.2) is 5.82 Å². The molecule has 1 unspecified atom stereocenters. The van der Waals surface area contributed by atoms with Crippen LogP contribution in [0.4, 0.5) is 5.69 Å². The van der Waals surface area contributed by atoms with Gasteiger partial charge in [-0.05, 0) is 27.8 Å². The van der Waals surface area contributed by atoms with Crippen molar-refractivity contribution in [2.45, 2.75) is 38.8 Å². The molecule has 0 aliphatic rings. The molecule has 0 aliphatic carbocycles. The lowest BCUT2D eigenvalue weighted by Crippen LogP contribution is -2.29. The molecule has 10 heteroatoms. The second-order valence-corrected chi connectivity index (χ2v) is 5.37. The fraction of sp³-hybridized carbons (Fsp3) is 0.583. The molecule has 0 aliphatic heterocycles. The summed E-state index contributed by atoms with van der Waals surface area (Å²) in [5.74, 6) is 0.945. The molecule has 0 radical (unpaired) electrons. The van der Waals surface area contributed by atoms with Crippen LogP contribution in [0.15, 0.2) is 16.9 Å². The lowest BCUT2D eigenvalue weighted by atomic mass is 10.1. The van der Waals surface area contributed by atoms with Crippen LogP contribution in [-0.4, -0.2) is 37.9 Å². The van der Waals surface area contributed by atoms with Gasteiger partial charge >= 0.3 is 5.69 Å². The van der Waals surface area contributed by atoms with Crippen molar-refractivity contribution in [1.82, 2.24) is 25.2 Å². The second kappa shape index (κ2) is 6.84. The van der Waals surface area contributed by atoms with E-state index in [-0.39, 0.29) is 24.1 Å². The van der Waals surface area contributed by atoms with Gasteiger partial charge in [0.2, 0.25) is 0 Å². The molecule has 122 valence electrons. The fourth-order valence-corrected chi connectivity index (χ4v) is 1.77. The van der Waals surface area contributed by atoms with Crippen molar-refractivity contribution in [3.63, 3.8) is 0 Å². The van der Waals surface area contributed by atoms with E-state index in [1.54, 1.807) is 0 Å². The van der Waals surface area contributed by atoms with Crippen LogP contribution >= 0.6 is 12.4 Å². The molecule has 9 nitrogen and oxygen atoms in total. The van der Waals surface area contributed by atoms with Crippen LogP contribution in [0.5, 0.6) is 0 Å². The third kappa shape index (κ3) is 3.60. The van der Waals surface area contributed by atoms with Crippen LogP contribution in [-0.2, 0) is 12.0 Å². The Hall–Kier alpha value is -2.00. The van der Waals surface area contributed by atoms with Gasteiger partial charge in [-0.25, -0.2) is 0 Å². The SMILES string of the molecule is CNC(C)Cc1noc(C(C)(C)n2cc([N+](=O)[O-])cn2)n1.Cl. The highest BCUT2D eigenvalue weighted by atomic mass is 35.5. The Bertz CT molecular complexity index is 638. The van der Waals surface area contributed by atoms with Crippen molar-refractivity contribution >= 4 is 18.1 Å². The van der Waals surface area contributed by atoms with Gasteiger partial charge in [-0.15, -0.1) is 12.4 Å². The molecule has 0 fully saturated rings. The Morgan fingerprint density at radius 3 is 2.77 bits per heavy atom. The van der Waals surface area contributed by atoms with Crippen molar-refractivity contribution < 1.29 is 9.45 Å². The topological polar surface area (TPSA) is 112 Å². The third-order valence-corrected chi connectivity index (χ3v) is 3.33. The van der Waals surface area contributed by atoms with Crippen molar-refractivity contribution in [2.75, 3.05) is 7.05 Å². The van der Waals surface area contributed by atoms with Gasteiger partial charge in [-0.2, -0.15) is 10.1 Å². The van der Waals surface area contributed by atoms with E-state index in [2.05, 4.69) is 20.6 Å². The zero-order valence-electron chi connectivity index (χ0n) is 12.8. The van der Waals surface area contributed by atoms with E-state index < -0.39 is 10.5 Å². The number of nitrogens with one attached hydrogen (secondary N) is 1. The van der Waals surface area contributed by atoms with Gasteiger partial charge in [0.05, 0.1) is 4.92 Å². The average molecular weight is 331 g/mol. The molecule has 2 rings (SSSR count). The van der Waals surface area contributed by atoms with E-state index in [9.17, 15) is 10.1 Å². The summed E-state index contributed by atoms with van der Waals surface area (Å²) < 4.78 is 6.73. The van der Waals surface area contributed by atoms with Gasteiger partial charge < -0.3 is 9.84 Å². The summed E-state index contributed by atoms with van der Waals surface area (Å²) in [4.78, 5) is 14.6. The molecule has 2 aromatic rings. The molecule has 0 aromatic carbocycles. The lowest BCUT2D eigenvalue weighted by molar-refractivity contribution is -0.385. The molecular formula is C12H19ClN6O3. The van der Waals surface area contributed by atoms with Gasteiger partial charge in [0.1, 0.15) is 17.9 Å². The Morgan fingerprint density at radius 1 is 1.55 bits per heavy atom. The number of rotatable bonds is 6. The minimum atomic E-state index is -0.762. The summed E-state index contributed by atoms with van der Waals surface area (Å²) in [7, 11) is 1.86. The predicted molar refractivity (Wildman–Crippen MR) is 81.1 cm³/mol. The molecule has 0 spiro atoms. The first-order valence-electron chi connectivity index (χ1n) is 6.54. The van der Waals surface area contributed by atoms with E-state index in [0.717, 1.165) is 0 Å². The number of halogens is 1. The first kappa shape index (κ1) is 18.1. The maximum Gasteiger partial charge on any atom is 0.307 e. The standard InChI is InChI=1S/C12H18N6O3.ClH/c1-8(13-4)5-10-15-11(21-16-10)12(2,3)17-7-9(6-14-17)18(19)20;/h6-8,13H,5H2,1-4H3;1H. The number of nitrogens with zero attached hydrogens (tertiary/aromatic N) is 5. The summed E-state index contributed by atoms with van der Waals surface area (Å²) in [5, 5.41) is 21.8. The van der Waals surface area contributed by atoms with Crippen molar-refractivity contribution in [3.8, 4) is 0 Å². The summed E-state index contributed by atoms with van der Waals surface area (Å²) >= 11 is 0. The number of hydrogen-bond donors (Lipinski definition) is 1. The molecule has 22 heavy (non-hydrogen) atoms. The second-order valence-electron chi connectivity index (χ2n) is 5.37. The molecule has 1 atom stereocenters. The average Bonchev–Trinajstić information content (AvgIpc) is 3.07. The third-order valence-electron chi connectivity index (χ3n) is 3.33. The summed E-state index contributed by atoms with van der Waals surface area (Å²) in [6.07, 6.45) is 3.18. The minimum absolute atomic E-state index is 0. The Morgan fingerprint density at radius 2 is 2.23 bits per heavy atom. The Balaban J connectivity index is 0.00000242. The van der Waals surface area contributed by atoms with E-state index in [0.29, 0.717) is 18.1 Å². The Kier molecular flexibility index (Phi) is 5.61. The normalized spacial score (nSPS) is 12.7. The summed E-state index contributed by atoms with van der Waals surface area (Å²) in [6.45, 7) is 5.63. The zero-order valence-corrected chi connectivity index (χ0v) is 13.6. The van der Waals surface area contributed by atoms with Crippen LogP contribution in [0.25, 0.3) is 0 Å². The van der Waals surface area contributed by atoms with E-state index in [1.807, 2.05) is 27.8 Å². The van der Waals surface area contributed by atoms with Gasteiger partial charge in [0, 0.05) is 12.5 Å². The van der Waals surface area contributed by atoms with Gasteiger partial charge in [-0.3, -0.25) is 14.8 Å². The van der Waals surface area contributed by atoms with Gasteiger partial charge in [0.25, 0.3) is 5.89 Å². The van der Waals surface area contributed by atoms with Crippen LogP contribution in [0.2, 0.25) is 0 Å². The van der Waals surface area contributed by atoms with E-state index >= 15 is 0 Å². The fourth-order valence-electron chi connectivity index (χ4n) is 1.77. The van der Waals surface area contributed by atoms with Crippen LogP contribution < -0.4 is 5.32 Å². The highest BCUT2D eigenvalue weighted by Gasteiger charge is 2.32. The van der Waals surface area contributed by atoms with E-state index in [1.165, 1.54) is 17.1 Å². The van der Waals surface area contributed by atoms with Crippen molar-refractivity contribution in [3.05, 3.63) is 34.2 Å². The highest BCUT2D eigenvalue weighted by Crippen LogP contribution is 2.25. The van der Waals surface area contributed by atoms with Crippen molar-refractivity contribution in [1.29, 1.82) is 0 Å². The predicted octanol–water partition coefficient (Wildman–Crippen LogP) is 1.53. The van der Waals surface area contributed by atoms with E-state index in [4.69, 9.17) is 4.52 Å². The number of nitro groups is 1. The molecule has 1 N–H and O–H groups in total. The highest BCUT2D eigenvalue weighted by molar-refractivity contribution is 5.85. The smallest absolute Gasteiger partial charge is 0.307 e. The maximum atomic E-state index is 10.7. The van der Waals surface area contributed by atoms with Crippen LogP contribution in [0.3, 0.4) is 0 Å². The Labute approximate surface area is 133 Å². The molecule has 2 aromatic heterocycles. The molecular weight excluding hydrogens is 312 g/mol. The number of aromatic nitrogens is 4. The number of likely N-dealkylation sites (N-methyl/N-ethyl adjacent to an activating group) is 1. The molecule has 0 saturated carbocycles. The van der Waals surface area contributed by atoms with Gasteiger partial charge in [-0.1, -0.05) is 5.16 Å². The van der Waals surface area contributed by atoms with Crippen LogP contribution in [0, 0.1) is 10.1 Å². The van der Waals surface area contributed by atoms with Crippen LogP contribution in [0.1, 0.15) is 32.5 Å². The first-order valence-corrected chi connectivity index (χ1v) is 6.54. The maximum absolute atomic E-state index is 10.7. The quantitative estimate of drug-likeness (QED) is 0.631. The van der Waals surface area contributed by atoms with Crippen molar-refractivity contribution in [2.24, 2.45) is 0 Å². The molecule has 0 amide bonds. The largest absolute Gasteiger partial charge is 0.337 e. The monoisotopic (exact) mass is 330 g/mol. The summed E-state index contributed by atoms with van der Waals surface area (Å²) in [5.41, 5.74) is -0.839. The summed E-state index contributed by atoms with van der Waals surface area (Å²) in [6, 6.07) is 0.226. The molecule has 0 saturated heterocycles. The zero-order chi connectivity index (χ0) is 15.6. The number of hydrogen-bond acceptors (Lipinski definition) is 7. The first-order chi connectivity index (χ1) is 9.84. The minimum Gasteiger partial charge on any atom is -0.337 e. The molecule has 2 heterocycles. The molecule has 0 bridgehead atoms. The lowest BCUT2D eigenvalue weighted by Gasteiger charge is -2.19.